The van der Waals surface area contributed by atoms with Crippen LogP contribution in [0.4, 0.5) is 0 Å². The smallest absolute Gasteiger partial charge is 0.306 e. The monoisotopic (exact) mass is 823 g/mol. The van der Waals surface area contributed by atoms with Gasteiger partial charge in [0.15, 0.2) is 6.10 Å². The fraction of sp³-hybridized carbons (Fsp3) is 0.717. The van der Waals surface area contributed by atoms with Crippen molar-refractivity contribution in [3.63, 3.8) is 0 Å². The molecule has 0 bridgehead atoms. The maximum absolute atomic E-state index is 12.8. The lowest BCUT2D eigenvalue weighted by atomic mass is 10.1. The van der Waals surface area contributed by atoms with E-state index in [1.165, 1.54) is 51.4 Å². The van der Waals surface area contributed by atoms with E-state index in [-0.39, 0.29) is 31.1 Å². The summed E-state index contributed by atoms with van der Waals surface area (Å²) in [5.74, 6) is -0.923. The molecule has 59 heavy (non-hydrogen) atoms. The van der Waals surface area contributed by atoms with Crippen LogP contribution in [0.2, 0.25) is 0 Å². The van der Waals surface area contributed by atoms with Gasteiger partial charge in [-0.1, -0.05) is 196 Å². The molecule has 0 aliphatic carbocycles. The molecule has 0 aromatic heterocycles. The third kappa shape index (κ3) is 45.8. The van der Waals surface area contributed by atoms with E-state index in [1.54, 1.807) is 0 Å². The Balaban J connectivity index is 4.43. The molecule has 6 nitrogen and oxygen atoms in total. The minimum atomic E-state index is -0.788. The van der Waals surface area contributed by atoms with E-state index in [1.807, 2.05) is 0 Å². The molecule has 0 aromatic rings. The van der Waals surface area contributed by atoms with Gasteiger partial charge in [-0.05, 0) is 83.5 Å². The van der Waals surface area contributed by atoms with E-state index >= 15 is 0 Å². The summed E-state index contributed by atoms with van der Waals surface area (Å²) in [5.41, 5.74) is 0. The quantitative estimate of drug-likeness (QED) is 0.0264. The average Bonchev–Trinajstić information content (AvgIpc) is 3.23. The number of esters is 3. The number of unbranched alkanes of at least 4 members (excludes halogenated alkanes) is 20. The molecule has 0 aromatic carbocycles. The summed E-state index contributed by atoms with van der Waals surface area (Å²) in [7, 11) is 0. The number of allylic oxidation sites excluding steroid dienone is 12. The Bertz CT molecular complexity index is 1130. The molecule has 0 radical (unpaired) electrons. The highest BCUT2D eigenvalue weighted by atomic mass is 16.6. The highest BCUT2D eigenvalue weighted by Gasteiger charge is 2.19. The summed E-state index contributed by atoms with van der Waals surface area (Å²) in [6.45, 7) is 6.37. The van der Waals surface area contributed by atoms with Gasteiger partial charge in [0.2, 0.25) is 0 Å². The van der Waals surface area contributed by atoms with Crippen LogP contribution < -0.4 is 0 Å². The van der Waals surface area contributed by atoms with Gasteiger partial charge in [0.25, 0.3) is 0 Å². The Kier molecular flexibility index (Phi) is 45.0. The molecule has 0 saturated heterocycles. The second-order valence-electron chi connectivity index (χ2n) is 16.0. The molecule has 0 fully saturated rings. The van der Waals surface area contributed by atoms with E-state index in [0.717, 1.165) is 135 Å². The molecule has 0 spiro atoms. The van der Waals surface area contributed by atoms with Crippen molar-refractivity contribution >= 4 is 17.9 Å². The molecule has 0 aliphatic rings. The van der Waals surface area contributed by atoms with Crippen molar-refractivity contribution in [2.45, 2.75) is 232 Å². The van der Waals surface area contributed by atoms with Crippen molar-refractivity contribution < 1.29 is 28.6 Å². The van der Waals surface area contributed by atoms with Crippen LogP contribution in [0, 0.1) is 0 Å². The van der Waals surface area contributed by atoms with Crippen LogP contribution in [-0.2, 0) is 28.6 Å². The van der Waals surface area contributed by atoms with Crippen molar-refractivity contribution in [1.82, 2.24) is 0 Å². The van der Waals surface area contributed by atoms with Crippen LogP contribution >= 0.6 is 0 Å². The number of hydrogen-bond acceptors (Lipinski definition) is 6. The second-order valence-corrected chi connectivity index (χ2v) is 16.0. The maximum atomic E-state index is 12.8. The average molecular weight is 823 g/mol. The summed E-state index contributed by atoms with van der Waals surface area (Å²) < 4.78 is 16.7. The van der Waals surface area contributed by atoms with Gasteiger partial charge in [0.05, 0.1) is 0 Å². The third-order valence-corrected chi connectivity index (χ3v) is 10.2. The van der Waals surface area contributed by atoms with Gasteiger partial charge in [-0.2, -0.15) is 0 Å². The van der Waals surface area contributed by atoms with Crippen LogP contribution in [0.15, 0.2) is 72.9 Å². The van der Waals surface area contributed by atoms with Gasteiger partial charge < -0.3 is 14.2 Å². The number of carbonyl (C=O) groups is 3. The lowest BCUT2D eigenvalue weighted by Gasteiger charge is -2.18. The Morgan fingerprint density at radius 3 is 1.03 bits per heavy atom. The van der Waals surface area contributed by atoms with Crippen LogP contribution in [0.25, 0.3) is 0 Å². The molecule has 1 atom stereocenters. The number of rotatable bonds is 43. The van der Waals surface area contributed by atoms with Crippen LogP contribution in [0.1, 0.15) is 226 Å². The predicted molar refractivity (Wildman–Crippen MR) is 251 cm³/mol. The predicted octanol–water partition coefficient (Wildman–Crippen LogP) is 15.9. The standard InChI is InChI=1S/C53H90O6/c1-4-7-10-13-16-19-22-24-26-28-31-34-37-40-43-46-52(55)58-49-50(48-57-51(54)45-42-39-36-33-30-21-18-15-12-9-6-3)59-53(56)47-44-41-38-35-32-29-27-25-23-20-17-14-11-8-5-2/h7-8,10-11,16-17,19-20,24-27,50H,4-6,9,12-15,18,21-23,28-49H2,1-3H3/b10-7-,11-8-,19-16-,20-17-,26-24-,27-25-/t50-/m0/s1. The van der Waals surface area contributed by atoms with E-state index < -0.39 is 6.10 Å². The van der Waals surface area contributed by atoms with Gasteiger partial charge in [-0.15, -0.1) is 0 Å². The highest BCUT2D eigenvalue weighted by molar-refractivity contribution is 5.71. The molecular formula is C53H90O6. The first kappa shape index (κ1) is 55.9. The first-order valence-corrected chi connectivity index (χ1v) is 24.4. The highest BCUT2D eigenvalue weighted by Crippen LogP contribution is 2.14. The number of hydrogen-bond donors (Lipinski definition) is 0. The van der Waals surface area contributed by atoms with Crippen molar-refractivity contribution in [3.8, 4) is 0 Å². The van der Waals surface area contributed by atoms with E-state index in [0.29, 0.717) is 19.3 Å². The van der Waals surface area contributed by atoms with Crippen molar-refractivity contribution in [2.24, 2.45) is 0 Å². The summed E-state index contributed by atoms with van der Waals surface area (Å²) in [5, 5.41) is 0. The summed E-state index contributed by atoms with van der Waals surface area (Å²) in [6.07, 6.45) is 58.8. The molecular weight excluding hydrogens is 733 g/mol. The molecule has 0 unspecified atom stereocenters. The van der Waals surface area contributed by atoms with E-state index in [9.17, 15) is 14.4 Å². The van der Waals surface area contributed by atoms with E-state index in [4.69, 9.17) is 14.2 Å². The minimum Gasteiger partial charge on any atom is -0.462 e. The van der Waals surface area contributed by atoms with Crippen LogP contribution in [0.3, 0.4) is 0 Å². The van der Waals surface area contributed by atoms with Gasteiger partial charge in [-0.3, -0.25) is 14.4 Å². The van der Waals surface area contributed by atoms with Gasteiger partial charge in [-0.25, -0.2) is 0 Å². The van der Waals surface area contributed by atoms with Crippen molar-refractivity contribution in [1.29, 1.82) is 0 Å². The third-order valence-electron chi connectivity index (χ3n) is 10.2. The largest absolute Gasteiger partial charge is 0.462 e. The Labute approximate surface area is 363 Å². The zero-order chi connectivity index (χ0) is 43.0. The molecule has 6 heteroatoms. The number of ether oxygens (including phenoxy) is 3. The maximum Gasteiger partial charge on any atom is 0.306 e. The normalized spacial score (nSPS) is 12.7. The van der Waals surface area contributed by atoms with Gasteiger partial charge in [0, 0.05) is 19.3 Å². The molecule has 338 valence electrons. The fourth-order valence-corrected chi connectivity index (χ4v) is 6.59. The summed E-state index contributed by atoms with van der Waals surface area (Å²) in [6, 6.07) is 0. The first-order chi connectivity index (χ1) is 29.0. The van der Waals surface area contributed by atoms with Crippen LogP contribution in [0.5, 0.6) is 0 Å². The SMILES string of the molecule is CC/C=C\C/C=C\C/C=C\CCCCCCCC(=O)OC[C@H](COC(=O)CCCCCCCCCCCCC)OC(=O)CCCCCCC/C=C\C/C=C\C/C=C\CC. The van der Waals surface area contributed by atoms with Crippen molar-refractivity contribution in [2.75, 3.05) is 13.2 Å². The zero-order valence-electron chi connectivity index (χ0n) is 38.5. The molecule has 0 heterocycles. The summed E-state index contributed by atoms with van der Waals surface area (Å²) in [4.78, 5) is 37.9. The Morgan fingerprint density at radius 2 is 0.661 bits per heavy atom. The molecule has 0 saturated carbocycles. The van der Waals surface area contributed by atoms with Crippen LogP contribution in [-0.4, -0.2) is 37.2 Å². The molecule has 0 rings (SSSR count). The summed E-state index contributed by atoms with van der Waals surface area (Å²) >= 11 is 0. The zero-order valence-corrected chi connectivity index (χ0v) is 38.5. The lowest BCUT2D eigenvalue weighted by Crippen LogP contribution is -2.30. The van der Waals surface area contributed by atoms with Gasteiger partial charge in [0.1, 0.15) is 13.2 Å². The lowest BCUT2D eigenvalue weighted by molar-refractivity contribution is -0.167. The first-order valence-electron chi connectivity index (χ1n) is 24.4. The molecule has 0 N–H and O–H groups in total. The molecule has 0 aliphatic heterocycles. The molecule has 0 amide bonds. The van der Waals surface area contributed by atoms with Gasteiger partial charge >= 0.3 is 17.9 Å². The topological polar surface area (TPSA) is 78.9 Å². The van der Waals surface area contributed by atoms with Crippen molar-refractivity contribution in [3.05, 3.63) is 72.9 Å². The fourth-order valence-electron chi connectivity index (χ4n) is 6.59. The minimum absolute atomic E-state index is 0.0872. The number of carbonyl (C=O) groups excluding carboxylic acids is 3. The van der Waals surface area contributed by atoms with E-state index in [2.05, 4.69) is 93.7 Å². The Hall–Kier alpha value is -3.15. The second kappa shape index (κ2) is 47.5. The Morgan fingerprint density at radius 1 is 0.356 bits per heavy atom.